The summed E-state index contributed by atoms with van der Waals surface area (Å²) in [5.41, 5.74) is 0.952. The average molecular weight is 360 g/mol. The van der Waals surface area contributed by atoms with Crippen molar-refractivity contribution in [2.75, 3.05) is 5.33 Å². The van der Waals surface area contributed by atoms with Crippen LogP contribution in [0.25, 0.3) is 0 Å². The van der Waals surface area contributed by atoms with E-state index in [2.05, 4.69) is 49.8 Å². The van der Waals surface area contributed by atoms with Gasteiger partial charge in [0.05, 0.1) is 11.0 Å². The molecule has 0 saturated carbocycles. The van der Waals surface area contributed by atoms with Crippen molar-refractivity contribution in [1.82, 2.24) is 0 Å². The first kappa shape index (κ1) is 17.3. The first-order chi connectivity index (χ1) is 9.08. The number of nitrogens with zero attached hydrogens (tertiary/aromatic N) is 1. The maximum atomic E-state index is 10.9. The molecule has 20 heavy (non-hydrogen) atoms. The molecule has 1 aromatic carbocycles. The van der Waals surface area contributed by atoms with Crippen molar-refractivity contribution in [3.8, 4) is 0 Å². The maximum absolute atomic E-state index is 10.9. The molecule has 0 aliphatic heterocycles. The first-order valence-electron chi connectivity index (χ1n) is 6.56. The Kier molecular flexibility index (Phi) is 5.51. The average Bonchev–Trinajstić information content (AvgIpc) is 2.34. The Hall–Kier alpha value is -0.723. The molecule has 1 unspecified atom stereocenters. The normalized spacial score (nSPS) is 14.1. The summed E-state index contributed by atoms with van der Waals surface area (Å²) in [5.74, 6) is 0. The predicted molar refractivity (Wildman–Crippen MR) is 87.9 cm³/mol. The van der Waals surface area contributed by atoms with Gasteiger partial charge in [0.1, 0.15) is 0 Å². The van der Waals surface area contributed by atoms with Crippen molar-refractivity contribution in [3.63, 3.8) is 0 Å². The molecule has 1 atom stereocenters. The van der Waals surface area contributed by atoms with Crippen molar-refractivity contribution in [2.24, 2.45) is 0 Å². The summed E-state index contributed by atoms with van der Waals surface area (Å²) in [7, 11) is -1.92. The molecule has 1 aromatic rings. The molecule has 0 aliphatic rings. The van der Waals surface area contributed by atoms with Crippen LogP contribution < -0.4 is 0 Å². The van der Waals surface area contributed by atoms with Crippen LogP contribution in [0.15, 0.2) is 24.3 Å². The van der Waals surface area contributed by atoms with Crippen LogP contribution in [0.1, 0.15) is 32.4 Å². The number of nitro groups is 1. The molecule has 0 aromatic heterocycles. The zero-order valence-corrected chi connectivity index (χ0v) is 15.2. The van der Waals surface area contributed by atoms with Crippen LogP contribution in [0.2, 0.25) is 18.1 Å². The lowest BCUT2D eigenvalue weighted by molar-refractivity contribution is -0.385. The van der Waals surface area contributed by atoms with E-state index >= 15 is 0 Å². The summed E-state index contributed by atoms with van der Waals surface area (Å²) in [5, 5.41) is 11.6. The zero-order chi connectivity index (χ0) is 15.6. The van der Waals surface area contributed by atoms with Crippen LogP contribution in [-0.4, -0.2) is 18.6 Å². The van der Waals surface area contributed by atoms with E-state index in [0.717, 1.165) is 5.56 Å². The second-order valence-corrected chi connectivity index (χ2v) is 11.8. The molecule has 0 heterocycles. The third-order valence-electron chi connectivity index (χ3n) is 3.84. The summed E-state index contributed by atoms with van der Waals surface area (Å²) in [4.78, 5) is 10.5. The number of hydrogen-bond acceptors (Lipinski definition) is 3. The number of nitro benzene ring substituents is 1. The van der Waals surface area contributed by atoms with Gasteiger partial charge in [-0.25, -0.2) is 0 Å². The van der Waals surface area contributed by atoms with Gasteiger partial charge in [-0.1, -0.05) is 48.8 Å². The summed E-state index contributed by atoms with van der Waals surface area (Å²) < 4.78 is 6.34. The molecule has 1 rings (SSSR count). The third-order valence-corrected chi connectivity index (χ3v) is 8.91. The van der Waals surface area contributed by atoms with Crippen LogP contribution in [0.4, 0.5) is 5.69 Å². The number of benzene rings is 1. The largest absolute Gasteiger partial charge is 0.409 e. The van der Waals surface area contributed by atoms with Crippen LogP contribution in [0.5, 0.6) is 0 Å². The SMILES string of the molecule is CC(C)(C)[Si](C)(C)OC(CBr)c1cccc([N+](=O)[O-])c1. The molecule has 4 nitrogen and oxygen atoms in total. The van der Waals surface area contributed by atoms with Gasteiger partial charge in [0.15, 0.2) is 8.32 Å². The van der Waals surface area contributed by atoms with Crippen molar-refractivity contribution in [2.45, 2.75) is 45.0 Å². The van der Waals surface area contributed by atoms with E-state index in [-0.39, 0.29) is 21.8 Å². The predicted octanol–water partition coefficient (Wildman–Crippen LogP) is 5.05. The lowest BCUT2D eigenvalue weighted by Crippen LogP contribution is -2.42. The van der Waals surface area contributed by atoms with Crippen LogP contribution in [0.3, 0.4) is 0 Å². The van der Waals surface area contributed by atoms with E-state index in [1.807, 2.05) is 6.07 Å². The molecule has 6 heteroatoms. The first-order valence-corrected chi connectivity index (χ1v) is 10.6. The summed E-state index contributed by atoms with van der Waals surface area (Å²) >= 11 is 3.46. The molecule has 0 N–H and O–H groups in total. The van der Waals surface area contributed by atoms with Crippen molar-refractivity contribution >= 4 is 29.9 Å². The standard InChI is InChI=1S/C14H22BrNO3Si/c1-14(2,3)20(4,5)19-13(10-15)11-7-6-8-12(9-11)16(17)18/h6-9,13H,10H2,1-5H3. The minimum absolute atomic E-state index is 0.104. The Morgan fingerprint density at radius 3 is 2.45 bits per heavy atom. The summed E-state index contributed by atoms with van der Waals surface area (Å²) in [6, 6.07) is 6.68. The van der Waals surface area contributed by atoms with Gasteiger partial charge in [-0.15, -0.1) is 0 Å². The molecular formula is C14H22BrNO3Si. The fraction of sp³-hybridized carbons (Fsp3) is 0.571. The number of rotatable bonds is 5. The Balaban J connectivity index is 3.03. The molecule has 112 valence electrons. The lowest BCUT2D eigenvalue weighted by Gasteiger charge is -2.39. The lowest BCUT2D eigenvalue weighted by atomic mass is 10.1. The highest BCUT2D eigenvalue weighted by Gasteiger charge is 2.39. The molecule has 0 aliphatic carbocycles. The van der Waals surface area contributed by atoms with Gasteiger partial charge in [-0.2, -0.15) is 0 Å². The summed E-state index contributed by atoms with van der Waals surface area (Å²) in [6.45, 7) is 10.9. The molecule has 0 spiro atoms. The maximum Gasteiger partial charge on any atom is 0.269 e. The molecule has 0 amide bonds. The van der Waals surface area contributed by atoms with Crippen molar-refractivity contribution in [1.29, 1.82) is 0 Å². The quantitative estimate of drug-likeness (QED) is 0.319. The van der Waals surface area contributed by atoms with Gasteiger partial charge in [-0.3, -0.25) is 10.1 Å². The number of non-ortho nitro benzene ring substituents is 1. The van der Waals surface area contributed by atoms with Gasteiger partial charge >= 0.3 is 0 Å². The van der Waals surface area contributed by atoms with Crippen LogP contribution in [-0.2, 0) is 4.43 Å². The minimum atomic E-state index is -1.92. The van der Waals surface area contributed by atoms with Gasteiger partial charge in [-0.05, 0) is 23.7 Å². The van der Waals surface area contributed by atoms with Crippen molar-refractivity contribution < 1.29 is 9.35 Å². The van der Waals surface area contributed by atoms with Crippen LogP contribution in [0, 0.1) is 10.1 Å². The smallest absolute Gasteiger partial charge is 0.269 e. The van der Waals surface area contributed by atoms with Gasteiger partial charge < -0.3 is 4.43 Å². The van der Waals surface area contributed by atoms with E-state index in [9.17, 15) is 10.1 Å². The highest BCUT2D eigenvalue weighted by Crippen LogP contribution is 2.40. The monoisotopic (exact) mass is 359 g/mol. The van der Waals surface area contributed by atoms with E-state index < -0.39 is 8.32 Å². The number of hydrogen-bond donors (Lipinski definition) is 0. The third kappa shape index (κ3) is 4.13. The Labute approximate surface area is 129 Å². The van der Waals surface area contributed by atoms with Gasteiger partial charge in [0.25, 0.3) is 5.69 Å². The van der Waals surface area contributed by atoms with Gasteiger partial charge in [0.2, 0.25) is 0 Å². The topological polar surface area (TPSA) is 52.4 Å². The van der Waals surface area contributed by atoms with Gasteiger partial charge in [0, 0.05) is 17.5 Å². The molecule has 0 bridgehead atoms. The highest BCUT2D eigenvalue weighted by atomic mass is 79.9. The zero-order valence-electron chi connectivity index (χ0n) is 12.6. The Bertz CT molecular complexity index is 486. The van der Waals surface area contributed by atoms with E-state index in [1.54, 1.807) is 12.1 Å². The van der Waals surface area contributed by atoms with E-state index in [0.29, 0.717) is 5.33 Å². The molecule has 0 saturated heterocycles. The minimum Gasteiger partial charge on any atom is -0.409 e. The molecular weight excluding hydrogens is 338 g/mol. The fourth-order valence-electron chi connectivity index (χ4n) is 1.56. The summed E-state index contributed by atoms with van der Waals surface area (Å²) in [6.07, 6.45) is -0.157. The second kappa shape index (κ2) is 6.36. The Morgan fingerprint density at radius 2 is 2.00 bits per heavy atom. The number of alkyl halides is 1. The number of halogens is 1. The fourth-order valence-corrected chi connectivity index (χ4v) is 3.59. The van der Waals surface area contributed by atoms with E-state index in [1.165, 1.54) is 6.07 Å². The van der Waals surface area contributed by atoms with Crippen LogP contribution >= 0.6 is 15.9 Å². The second-order valence-electron chi connectivity index (χ2n) is 6.37. The van der Waals surface area contributed by atoms with E-state index in [4.69, 9.17) is 4.43 Å². The molecule has 0 fully saturated rings. The Morgan fingerprint density at radius 1 is 1.40 bits per heavy atom. The highest BCUT2D eigenvalue weighted by molar-refractivity contribution is 9.09. The van der Waals surface area contributed by atoms with Crippen molar-refractivity contribution in [3.05, 3.63) is 39.9 Å². The molecule has 0 radical (unpaired) electrons.